The zero-order chi connectivity index (χ0) is 39.9. The fraction of sp³-hybridized carbons (Fsp3) is 0.348. The topological polar surface area (TPSA) is 189 Å². The smallest absolute Gasteiger partial charge is 0.314 e. The van der Waals surface area contributed by atoms with Crippen LogP contribution in [0.1, 0.15) is 86.9 Å². The van der Waals surface area contributed by atoms with Crippen molar-refractivity contribution in [2.75, 3.05) is 32.5 Å². The molecule has 0 bridgehead atoms. The van der Waals surface area contributed by atoms with E-state index in [1.807, 2.05) is 74.5 Å². The molecule has 4 aromatic carbocycles. The molecule has 2 unspecified atom stereocenters. The predicted octanol–water partition coefficient (Wildman–Crippen LogP) is 7.85. The number of nitrogens with one attached hydrogen (secondary N) is 2. The summed E-state index contributed by atoms with van der Waals surface area (Å²) < 4.78 is 21.3. The van der Waals surface area contributed by atoms with Crippen molar-refractivity contribution >= 4 is 39.2 Å². The minimum atomic E-state index is -0.749. The average molecular weight is 790 g/mol. The molecule has 2 aliphatic carbocycles. The third-order valence-electron chi connectivity index (χ3n) is 11.6. The Morgan fingerprint density at radius 3 is 1.64 bits per heavy atom. The van der Waals surface area contributed by atoms with Crippen molar-refractivity contribution < 1.29 is 43.9 Å². The number of aliphatic hydroxyl groups excluding tert-OH is 2. The molecule has 0 spiro atoms. The number of rotatable bonds is 10. The first-order chi connectivity index (χ1) is 27.5. The predicted molar refractivity (Wildman–Crippen MR) is 222 cm³/mol. The number of nitrogen functional groups attached to an aromatic ring is 1. The molecule has 2 fully saturated rings. The maximum atomic E-state index is 13.2. The molecular formula is C46H51N3O9. The average Bonchev–Trinajstić information content (AvgIpc) is 3.93. The first kappa shape index (κ1) is 40.2. The maximum Gasteiger partial charge on any atom is 0.314 e. The van der Waals surface area contributed by atoms with Crippen LogP contribution in [-0.2, 0) is 26.8 Å². The van der Waals surface area contributed by atoms with Crippen LogP contribution in [0.3, 0.4) is 0 Å². The van der Waals surface area contributed by atoms with Crippen LogP contribution in [0.15, 0.2) is 84.9 Å². The van der Waals surface area contributed by atoms with Crippen molar-refractivity contribution in [2.45, 2.75) is 76.0 Å². The highest BCUT2D eigenvalue weighted by Crippen LogP contribution is 2.52. The van der Waals surface area contributed by atoms with Crippen molar-refractivity contribution in [1.82, 2.24) is 9.97 Å². The molecule has 6 aromatic rings. The van der Waals surface area contributed by atoms with Crippen LogP contribution in [0, 0.1) is 0 Å². The highest BCUT2D eigenvalue weighted by molar-refractivity contribution is 5.95. The van der Waals surface area contributed by atoms with E-state index in [0.29, 0.717) is 30.8 Å². The molecule has 2 saturated carbocycles. The van der Waals surface area contributed by atoms with E-state index in [1.165, 1.54) is 0 Å². The second-order valence-electron chi connectivity index (χ2n) is 15.6. The fourth-order valence-electron chi connectivity index (χ4n) is 7.56. The van der Waals surface area contributed by atoms with E-state index in [2.05, 4.69) is 22.1 Å². The lowest BCUT2D eigenvalue weighted by Crippen LogP contribution is -2.22. The largest absolute Gasteiger partial charge is 0.481 e. The number of aromatic amines is 2. The fourth-order valence-corrected chi connectivity index (χ4v) is 7.56. The molecule has 304 valence electrons. The molecule has 12 heteroatoms. The number of carboxylic acids is 1. The van der Waals surface area contributed by atoms with Crippen LogP contribution < -0.4 is 24.7 Å². The number of aliphatic carboxylic acids is 1. The van der Waals surface area contributed by atoms with Gasteiger partial charge in [0.2, 0.25) is 13.6 Å². The van der Waals surface area contributed by atoms with Crippen molar-refractivity contribution in [2.24, 2.45) is 0 Å². The first-order valence-corrected chi connectivity index (χ1v) is 19.3. The number of benzene rings is 4. The number of carbonyl (C=O) groups is 2. The summed E-state index contributed by atoms with van der Waals surface area (Å²) in [4.78, 5) is 30.9. The highest BCUT2D eigenvalue weighted by Gasteiger charge is 2.52. The Balaban J connectivity index is 0.000000144. The van der Waals surface area contributed by atoms with Gasteiger partial charge in [0.1, 0.15) is 5.78 Å². The van der Waals surface area contributed by atoms with E-state index in [-0.39, 0.29) is 57.3 Å². The lowest BCUT2D eigenvalue weighted by Gasteiger charge is -2.15. The second kappa shape index (κ2) is 16.1. The molecule has 0 amide bonds. The molecule has 7 N–H and O–H groups in total. The van der Waals surface area contributed by atoms with Gasteiger partial charge < -0.3 is 50.0 Å². The van der Waals surface area contributed by atoms with E-state index >= 15 is 0 Å². The number of aliphatic hydroxyl groups is 2. The number of aromatic nitrogens is 2. The Kier molecular flexibility index (Phi) is 11.2. The van der Waals surface area contributed by atoms with Crippen molar-refractivity contribution in [3.05, 3.63) is 113 Å². The third-order valence-corrected chi connectivity index (χ3v) is 11.6. The highest BCUT2D eigenvalue weighted by atomic mass is 16.7. The Morgan fingerprint density at radius 1 is 0.655 bits per heavy atom. The summed E-state index contributed by atoms with van der Waals surface area (Å²) in [5.74, 6) is 2.54. The van der Waals surface area contributed by atoms with Crippen LogP contribution in [-0.4, -0.2) is 63.8 Å². The summed E-state index contributed by atoms with van der Waals surface area (Å²) >= 11 is 0. The van der Waals surface area contributed by atoms with Gasteiger partial charge in [0.05, 0.1) is 24.0 Å². The Labute approximate surface area is 336 Å². The summed E-state index contributed by atoms with van der Waals surface area (Å²) in [6.45, 7) is 4.69. The van der Waals surface area contributed by atoms with E-state index in [1.54, 1.807) is 12.1 Å². The monoisotopic (exact) mass is 789 g/mol. The van der Waals surface area contributed by atoms with Crippen LogP contribution in [0.2, 0.25) is 0 Å². The van der Waals surface area contributed by atoms with Crippen LogP contribution in [0.5, 0.6) is 23.0 Å². The Morgan fingerprint density at radius 2 is 1.14 bits per heavy atom. The number of fused-ring (bicyclic) bond motifs is 4. The van der Waals surface area contributed by atoms with Gasteiger partial charge in [-0.15, -0.1) is 0 Å². The number of H-pyrrole nitrogens is 2. The normalized spacial score (nSPS) is 16.9. The quantitative estimate of drug-likeness (QED) is 0.0746. The van der Waals surface area contributed by atoms with Gasteiger partial charge in [0.25, 0.3) is 0 Å². The summed E-state index contributed by atoms with van der Waals surface area (Å²) in [6.07, 6.45) is 3.61. The van der Waals surface area contributed by atoms with Gasteiger partial charge in [-0.2, -0.15) is 0 Å². The molecule has 12 nitrogen and oxygen atoms in total. The zero-order valence-corrected chi connectivity index (χ0v) is 32.0. The van der Waals surface area contributed by atoms with Gasteiger partial charge in [0, 0.05) is 51.8 Å². The van der Waals surface area contributed by atoms with Crippen LogP contribution in [0.4, 0.5) is 5.69 Å². The molecule has 2 aliphatic heterocycles. The summed E-state index contributed by atoms with van der Waals surface area (Å²) in [6, 6.07) is 27.2. The number of ketones is 1. The first-order valence-electron chi connectivity index (χ1n) is 19.3. The molecular weight excluding hydrogens is 739 g/mol. The van der Waals surface area contributed by atoms with E-state index in [0.717, 1.165) is 79.9 Å². The number of hydrogen-bond donors (Lipinski definition) is 6. The number of hydrogen-bond acceptors (Lipinski definition) is 9. The maximum absolute atomic E-state index is 13.2. The van der Waals surface area contributed by atoms with Crippen molar-refractivity contribution in [3.8, 4) is 23.0 Å². The van der Waals surface area contributed by atoms with Gasteiger partial charge in [0.15, 0.2) is 23.0 Å². The number of carboxylic acid groups (broad SMARTS) is 1. The Bertz CT molecular complexity index is 2460. The van der Waals surface area contributed by atoms with E-state index in [9.17, 15) is 14.7 Å². The summed E-state index contributed by atoms with van der Waals surface area (Å²) in [7, 11) is 0. The molecule has 10 rings (SSSR count). The standard InChI is InChI=1S/C23H23NO4.C11H14N2O.C11H10O4.CH4/c1-14(12-25)19-10-16-8-15(2-4-18(16)24-19)9-22(26)23(6-7-23)17-3-5-20-21(11-17)28-13-27-20;1-7(6-14)11-5-8-4-9(12)2-3-10(8)13-11;12-10(13)11(3-4-11)7-1-2-8-9(5-7)15-6-14-8;/h2-5,8,10-11,14,24-25H,6-7,9,12-13H2,1H3;2-5,7,13-14H,6,12H2,1H3;1-2,5H,3-4,6H2,(H,12,13);1H4. The number of ether oxygens (including phenoxy) is 4. The summed E-state index contributed by atoms with van der Waals surface area (Å²) in [5, 5.41) is 29.7. The Hall–Kier alpha value is -5.98. The van der Waals surface area contributed by atoms with Crippen molar-refractivity contribution in [1.29, 1.82) is 0 Å². The molecule has 2 aromatic heterocycles. The number of carbonyl (C=O) groups excluding carboxylic acids is 1. The number of anilines is 1. The van der Waals surface area contributed by atoms with Crippen LogP contribution in [0.25, 0.3) is 21.8 Å². The van der Waals surface area contributed by atoms with Crippen LogP contribution >= 0.6 is 0 Å². The van der Waals surface area contributed by atoms with Gasteiger partial charge in [-0.1, -0.05) is 39.5 Å². The molecule has 4 aliphatic rings. The molecule has 2 atom stereocenters. The lowest BCUT2D eigenvalue weighted by molar-refractivity contribution is -0.140. The molecule has 58 heavy (non-hydrogen) atoms. The number of nitrogens with two attached hydrogens (primary N) is 1. The minimum Gasteiger partial charge on any atom is -0.481 e. The second-order valence-corrected chi connectivity index (χ2v) is 15.6. The van der Waals surface area contributed by atoms with Gasteiger partial charge in [-0.05, 0) is 114 Å². The van der Waals surface area contributed by atoms with E-state index < -0.39 is 11.4 Å². The molecule has 0 radical (unpaired) electrons. The van der Waals surface area contributed by atoms with E-state index in [4.69, 9.17) is 34.9 Å². The van der Waals surface area contributed by atoms with Crippen molar-refractivity contribution in [3.63, 3.8) is 0 Å². The lowest BCUT2D eigenvalue weighted by atomic mass is 9.87. The zero-order valence-electron chi connectivity index (χ0n) is 32.0. The number of Topliss-reactive ketones (excluding diaryl/α,β-unsaturated/α-hetero) is 1. The molecule has 0 saturated heterocycles. The van der Waals surface area contributed by atoms with Gasteiger partial charge in [-0.3, -0.25) is 9.59 Å². The molecule has 4 heterocycles. The minimum absolute atomic E-state index is 0. The van der Waals surface area contributed by atoms with Gasteiger partial charge in [-0.25, -0.2) is 0 Å². The SMILES string of the molecule is C.CC(CO)c1cc2cc(CC(=O)C3(c4ccc5c(c4)OCO5)CC3)ccc2[nH]1.CC(CO)c1cc2cc(N)ccc2[nH]1.O=C(O)C1(c2ccc3c(c2)OCO3)CC1. The van der Waals surface area contributed by atoms with Gasteiger partial charge >= 0.3 is 5.97 Å². The third kappa shape index (κ3) is 7.81. The summed E-state index contributed by atoms with van der Waals surface area (Å²) in [5.41, 5.74) is 12.4.